The molecule has 4 nitrogen and oxygen atoms in total. The van der Waals surface area contributed by atoms with Gasteiger partial charge in [0, 0.05) is 23.1 Å². The minimum Gasteiger partial charge on any atom is -0.326 e. The molecule has 2 amide bonds. The van der Waals surface area contributed by atoms with Gasteiger partial charge in [0.05, 0.1) is 5.25 Å². The average molecular weight is 414 g/mol. The summed E-state index contributed by atoms with van der Waals surface area (Å²) in [6.07, 6.45) is 1.13. The highest BCUT2D eigenvalue weighted by atomic mass is 32.2. The number of rotatable bonds is 7. The molecule has 2 N–H and O–H groups in total. The van der Waals surface area contributed by atoms with Crippen LogP contribution in [0.5, 0.6) is 0 Å². The Morgan fingerprint density at radius 2 is 1.57 bits per heavy atom. The number of carbonyl (C=O) groups excluding carboxylic acids is 2. The molecule has 1 atom stereocenters. The Morgan fingerprint density at radius 1 is 1.00 bits per heavy atom. The summed E-state index contributed by atoms with van der Waals surface area (Å²) < 4.78 is 53.8. The van der Waals surface area contributed by atoms with Crippen LogP contribution in [-0.2, 0) is 9.59 Å². The van der Waals surface area contributed by atoms with E-state index >= 15 is 0 Å². The van der Waals surface area contributed by atoms with Crippen LogP contribution in [0.15, 0.2) is 35.2 Å². The molecular weight excluding hydrogens is 396 g/mol. The van der Waals surface area contributed by atoms with Gasteiger partial charge in [0.1, 0.15) is 5.69 Å². The van der Waals surface area contributed by atoms with Crippen molar-refractivity contribution in [1.82, 2.24) is 0 Å². The second kappa shape index (κ2) is 9.59. The van der Waals surface area contributed by atoms with E-state index in [0.29, 0.717) is 17.0 Å². The zero-order chi connectivity index (χ0) is 20.8. The SMILES string of the molecule is CCCC(=O)Nc1ccc(SC(C)C(=O)Nc2c(F)c(F)cc(F)c2F)cc1. The van der Waals surface area contributed by atoms with Gasteiger partial charge in [-0.3, -0.25) is 9.59 Å². The van der Waals surface area contributed by atoms with Crippen molar-refractivity contribution in [2.24, 2.45) is 0 Å². The fourth-order valence-electron chi connectivity index (χ4n) is 2.23. The lowest BCUT2D eigenvalue weighted by Gasteiger charge is -2.14. The number of carbonyl (C=O) groups is 2. The zero-order valence-electron chi connectivity index (χ0n) is 15.1. The summed E-state index contributed by atoms with van der Waals surface area (Å²) in [6.45, 7) is 3.37. The fraction of sp³-hybridized carbons (Fsp3) is 0.263. The molecule has 0 radical (unpaired) electrons. The zero-order valence-corrected chi connectivity index (χ0v) is 15.9. The first-order valence-electron chi connectivity index (χ1n) is 8.43. The van der Waals surface area contributed by atoms with E-state index in [-0.39, 0.29) is 12.0 Å². The Kier molecular flexibility index (Phi) is 7.45. The summed E-state index contributed by atoms with van der Waals surface area (Å²) in [4.78, 5) is 24.4. The predicted molar refractivity (Wildman–Crippen MR) is 100 cm³/mol. The lowest BCUT2D eigenvalue weighted by molar-refractivity contribution is -0.116. The Bertz CT molecular complexity index is 849. The van der Waals surface area contributed by atoms with Crippen molar-refractivity contribution in [3.63, 3.8) is 0 Å². The highest BCUT2D eigenvalue weighted by Crippen LogP contribution is 2.28. The van der Waals surface area contributed by atoms with Crippen LogP contribution in [0.4, 0.5) is 28.9 Å². The largest absolute Gasteiger partial charge is 0.326 e. The number of hydrogen-bond acceptors (Lipinski definition) is 3. The molecule has 150 valence electrons. The Balaban J connectivity index is 2.02. The number of halogens is 4. The monoisotopic (exact) mass is 414 g/mol. The lowest BCUT2D eigenvalue weighted by atomic mass is 10.2. The Labute approximate surface area is 163 Å². The second-order valence-corrected chi connectivity index (χ2v) is 7.33. The molecule has 0 saturated heterocycles. The van der Waals surface area contributed by atoms with E-state index in [0.717, 1.165) is 18.2 Å². The molecule has 0 aromatic heterocycles. The number of amides is 2. The summed E-state index contributed by atoms with van der Waals surface area (Å²) in [5, 5.41) is 3.79. The minimum atomic E-state index is -1.67. The summed E-state index contributed by atoms with van der Waals surface area (Å²) in [5.74, 6) is -7.48. The molecule has 28 heavy (non-hydrogen) atoms. The highest BCUT2D eigenvalue weighted by molar-refractivity contribution is 8.00. The first-order valence-corrected chi connectivity index (χ1v) is 9.31. The van der Waals surface area contributed by atoms with Crippen molar-refractivity contribution in [3.05, 3.63) is 53.6 Å². The van der Waals surface area contributed by atoms with Gasteiger partial charge in [-0.15, -0.1) is 11.8 Å². The first kappa shape index (κ1) is 21.7. The van der Waals surface area contributed by atoms with Crippen LogP contribution >= 0.6 is 11.8 Å². The van der Waals surface area contributed by atoms with E-state index in [9.17, 15) is 27.2 Å². The molecule has 0 heterocycles. The van der Waals surface area contributed by atoms with E-state index in [2.05, 4.69) is 5.32 Å². The van der Waals surface area contributed by atoms with Crippen LogP contribution in [0.2, 0.25) is 0 Å². The molecule has 2 rings (SSSR count). The van der Waals surface area contributed by atoms with E-state index < -0.39 is 40.1 Å². The van der Waals surface area contributed by atoms with E-state index in [4.69, 9.17) is 0 Å². The Morgan fingerprint density at radius 3 is 2.11 bits per heavy atom. The third kappa shape index (κ3) is 5.48. The predicted octanol–water partition coefficient (Wildman–Crippen LogP) is 5.10. The van der Waals surface area contributed by atoms with Crippen LogP contribution in [0.25, 0.3) is 0 Å². The number of benzene rings is 2. The van der Waals surface area contributed by atoms with Gasteiger partial charge in [-0.1, -0.05) is 6.92 Å². The van der Waals surface area contributed by atoms with Gasteiger partial charge in [-0.25, -0.2) is 17.6 Å². The third-order valence-corrected chi connectivity index (χ3v) is 4.77. The quantitative estimate of drug-likeness (QED) is 0.377. The van der Waals surface area contributed by atoms with E-state index in [1.807, 2.05) is 12.2 Å². The van der Waals surface area contributed by atoms with Gasteiger partial charge in [0.2, 0.25) is 11.8 Å². The molecule has 1 unspecified atom stereocenters. The van der Waals surface area contributed by atoms with Crippen LogP contribution in [0, 0.1) is 23.3 Å². The third-order valence-electron chi connectivity index (χ3n) is 3.66. The second-order valence-electron chi connectivity index (χ2n) is 5.92. The molecule has 0 aliphatic rings. The van der Waals surface area contributed by atoms with Crippen molar-refractivity contribution < 1.29 is 27.2 Å². The van der Waals surface area contributed by atoms with Crippen molar-refractivity contribution in [2.45, 2.75) is 36.8 Å². The Hall–Kier alpha value is -2.55. The molecular formula is C19H18F4N2O2S. The lowest BCUT2D eigenvalue weighted by Crippen LogP contribution is -2.24. The van der Waals surface area contributed by atoms with Crippen molar-refractivity contribution in [1.29, 1.82) is 0 Å². The highest BCUT2D eigenvalue weighted by Gasteiger charge is 2.23. The molecule has 0 aliphatic heterocycles. The molecule has 9 heteroatoms. The molecule has 0 spiro atoms. The summed E-state index contributed by atoms with van der Waals surface area (Å²) in [5.41, 5.74) is -0.566. The van der Waals surface area contributed by atoms with Gasteiger partial charge >= 0.3 is 0 Å². The van der Waals surface area contributed by atoms with Crippen molar-refractivity contribution in [2.75, 3.05) is 10.6 Å². The van der Waals surface area contributed by atoms with Crippen LogP contribution < -0.4 is 10.6 Å². The molecule has 2 aromatic rings. The standard InChI is InChI=1S/C19H18F4N2O2S/c1-3-4-15(26)24-11-5-7-12(8-6-11)28-10(2)19(27)25-18-16(22)13(20)9-14(21)17(18)23/h5-10H,3-4H2,1-2H3,(H,24,26)(H,25,27). The van der Waals surface area contributed by atoms with E-state index in [1.54, 1.807) is 24.3 Å². The summed E-state index contributed by atoms with van der Waals surface area (Å²) in [7, 11) is 0. The van der Waals surface area contributed by atoms with E-state index in [1.165, 1.54) is 6.92 Å². The molecule has 2 aromatic carbocycles. The smallest absolute Gasteiger partial charge is 0.237 e. The number of thioether (sulfide) groups is 1. The summed E-state index contributed by atoms with van der Waals surface area (Å²) >= 11 is 1.07. The molecule has 0 saturated carbocycles. The van der Waals surface area contributed by atoms with Crippen molar-refractivity contribution in [3.8, 4) is 0 Å². The maximum Gasteiger partial charge on any atom is 0.237 e. The van der Waals surface area contributed by atoms with Gasteiger partial charge in [0.15, 0.2) is 23.3 Å². The van der Waals surface area contributed by atoms with Crippen LogP contribution in [0.1, 0.15) is 26.7 Å². The molecule has 0 bridgehead atoms. The maximum atomic E-state index is 13.7. The maximum absolute atomic E-state index is 13.7. The average Bonchev–Trinajstić information content (AvgIpc) is 2.65. The van der Waals surface area contributed by atoms with Gasteiger partial charge in [-0.2, -0.15) is 0 Å². The number of hydrogen-bond donors (Lipinski definition) is 2. The van der Waals surface area contributed by atoms with Crippen molar-refractivity contribution >= 4 is 35.0 Å². The normalized spacial score (nSPS) is 11.8. The number of anilines is 2. The minimum absolute atomic E-state index is 0.0688. The van der Waals surface area contributed by atoms with Crippen LogP contribution in [0.3, 0.4) is 0 Å². The van der Waals surface area contributed by atoms with Gasteiger partial charge < -0.3 is 10.6 Å². The fourth-order valence-corrected chi connectivity index (χ4v) is 3.10. The molecule has 0 aliphatic carbocycles. The number of nitrogens with one attached hydrogen (secondary N) is 2. The first-order chi connectivity index (χ1) is 13.2. The summed E-state index contributed by atoms with van der Waals surface area (Å²) in [6, 6.07) is 6.71. The topological polar surface area (TPSA) is 58.2 Å². The van der Waals surface area contributed by atoms with Crippen LogP contribution in [-0.4, -0.2) is 17.1 Å². The molecule has 0 fully saturated rings. The van der Waals surface area contributed by atoms with Gasteiger partial charge in [-0.05, 0) is 37.6 Å². The van der Waals surface area contributed by atoms with Gasteiger partial charge in [0.25, 0.3) is 0 Å².